The van der Waals surface area contributed by atoms with Crippen LogP contribution in [-0.2, 0) is 6.54 Å². The van der Waals surface area contributed by atoms with Gasteiger partial charge in [0.2, 0.25) is 0 Å². The second-order valence-electron chi connectivity index (χ2n) is 5.03. The second-order valence-corrected chi connectivity index (χ2v) is 5.44. The number of unbranched alkanes of at least 4 members (excludes halogenated alkanes) is 3. The molecule has 4 heteroatoms. The Morgan fingerprint density at radius 2 is 2.05 bits per heavy atom. The third-order valence-electron chi connectivity index (χ3n) is 3.29. The molecule has 0 aromatic heterocycles. The quantitative estimate of drug-likeness (QED) is 0.689. The predicted octanol–water partition coefficient (Wildman–Crippen LogP) is 4.34. The van der Waals surface area contributed by atoms with Gasteiger partial charge in [-0.1, -0.05) is 43.9 Å². The van der Waals surface area contributed by atoms with E-state index in [1.165, 1.54) is 19.3 Å². The Morgan fingerprint density at radius 1 is 1.25 bits per heavy atom. The summed E-state index contributed by atoms with van der Waals surface area (Å²) in [6.07, 6.45) is 5.42. The van der Waals surface area contributed by atoms with E-state index in [0.29, 0.717) is 11.4 Å². The molecule has 0 radical (unpaired) electrons. The SMILES string of the molecule is CCCCCCN(CCC#N)Cc1ccc(O)c(Cl)c1. The molecular formula is C16H23ClN2O. The van der Waals surface area contributed by atoms with E-state index in [-0.39, 0.29) is 5.75 Å². The van der Waals surface area contributed by atoms with Crippen molar-refractivity contribution in [2.75, 3.05) is 13.1 Å². The average molecular weight is 295 g/mol. The maximum Gasteiger partial charge on any atom is 0.134 e. The van der Waals surface area contributed by atoms with Crippen LogP contribution < -0.4 is 0 Å². The maximum atomic E-state index is 9.43. The lowest BCUT2D eigenvalue weighted by Gasteiger charge is -2.21. The number of rotatable bonds is 9. The molecule has 0 atom stereocenters. The molecular weight excluding hydrogens is 272 g/mol. The molecule has 0 heterocycles. The molecule has 1 rings (SSSR count). The lowest BCUT2D eigenvalue weighted by molar-refractivity contribution is 0.264. The first kappa shape index (κ1) is 16.8. The highest BCUT2D eigenvalue weighted by atomic mass is 35.5. The van der Waals surface area contributed by atoms with E-state index in [0.717, 1.165) is 31.6 Å². The molecule has 0 saturated heterocycles. The molecule has 0 fully saturated rings. The molecule has 0 spiro atoms. The first-order chi connectivity index (χ1) is 9.67. The molecule has 0 unspecified atom stereocenters. The fraction of sp³-hybridized carbons (Fsp3) is 0.562. The standard InChI is InChI=1S/C16H23ClN2O/c1-2-3-4-5-10-19(11-6-9-18)13-14-7-8-16(20)15(17)12-14/h7-8,12,20H,2-6,10-11,13H2,1H3. The summed E-state index contributed by atoms with van der Waals surface area (Å²) < 4.78 is 0. The number of nitrogens with zero attached hydrogens (tertiary/aromatic N) is 2. The summed E-state index contributed by atoms with van der Waals surface area (Å²) >= 11 is 5.93. The number of nitriles is 1. The normalized spacial score (nSPS) is 10.7. The van der Waals surface area contributed by atoms with Gasteiger partial charge in [0.05, 0.1) is 11.1 Å². The van der Waals surface area contributed by atoms with Crippen LogP contribution in [-0.4, -0.2) is 23.1 Å². The Morgan fingerprint density at radius 3 is 2.70 bits per heavy atom. The monoisotopic (exact) mass is 294 g/mol. The van der Waals surface area contributed by atoms with Crippen molar-refractivity contribution in [1.29, 1.82) is 5.26 Å². The smallest absolute Gasteiger partial charge is 0.134 e. The second kappa shape index (κ2) is 9.63. The third kappa shape index (κ3) is 6.27. The van der Waals surface area contributed by atoms with Crippen molar-refractivity contribution >= 4 is 11.6 Å². The summed E-state index contributed by atoms with van der Waals surface area (Å²) in [5.74, 6) is 0.113. The van der Waals surface area contributed by atoms with Crippen LogP contribution in [0.25, 0.3) is 0 Å². The van der Waals surface area contributed by atoms with E-state index in [1.54, 1.807) is 12.1 Å². The molecule has 20 heavy (non-hydrogen) atoms. The van der Waals surface area contributed by atoms with Crippen molar-refractivity contribution in [2.24, 2.45) is 0 Å². The van der Waals surface area contributed by atoms with Gasteiger partial charge in [0.25, 0.3) is 0 Å². The molecule has 3 nitrogen and oxygen atoms in total. The number of halogens is 1. The summed E-state index contributed by atoms with van der Waals surface area (Å²) in [5.41, 5.74) is 1.07. The van der Waals surface area contributed by atoms with E-state index in [9.17, 15) is 5.11 Å². The van der Waals surface area contributed by atoms with Gasteiger partial charge in [0, 0.05) is 19.5 Å². The highest BCUT2D eigenvalue weighted by Gasteiger charge is 2.07. The zero-order valence-corrected chi connectivity index (χ0v) is 12.9. The molecule has 0 amide bonds. The van der Waals surface area contributed by atoms with E-state index < -0.39 is 0 Å². The van der Waals surface area contributed by atoms with Crippen LogP contribution in [0.3, 0.4) is 0 Å². The fourth-order valence-corrected chi connectivity index (χ4v) is 2.35. The molecule has 1 N–H and O–H groups in total. The minimum absolute atomic E-state index is 0.113. The number of hydrogen-bond acceptors (Lipinski definition) is 3. The van der Waals surface area contributed by atoms with E-state index in [2.05, 4.69) is 17.9 Å². The van der Waals surface area contributed by atoms with Gasteiger partial charge >= 0.3 is 0 Å². The highest BCUT2D eigenvalue weighted by Crippen LogP contribution is 2.24. The maximum absolute atomic E-state index is 9.43. The van der Waals surface area contributed by atoms with Gasteiger partial charge in [0.15, 0.2) is 0 Å². The Labute approximate surface area is 126 Å². The van der Waals surface area contributed by atoms with Crippen molar-refractivity contribution in [3.8, 4) is 11.8 Å². The largest absolute Gasteiger partial charge is 0.506 e. The summed E-state index contributed by atoms with van der Waals surface area (Å²) in [7, 11) is 0. The van der Waals surface area contributed by atoms with Gasteiger partial charge in [-0.25, -0.2) is 0 Å². The number of phenolic OH excluding ortho intramolecular Hbond substituents is 1. The van der Waals surface area contributed by atoms with Crippen molar-refractivity contribution < 1.29 is 5.11 Å². The Bertz CT molecular complexity index is 443. The third-order valence-corrected chi connectivity index (χ3v) is 3.59. The van der Waals surface area contributed by atoms with Crippen molar-refractivity contribution in [3.63, 3.8) is 0 Å². The summed E-state index contributed by atoms with van der Waals surface area (Å²) in [6.45, 7) is 4.75. The molecule has 1 aromatic carbocycles. The Balaban J connectivity index is 2.54. The molecule has 1 aromatic rings. The molecule has 0 saturated carbocycles. The minimum atomic E-state index is 0.113. The highest BCUT2D eigenvalue weighted by molar-refractivity contribution is 6.32. The Hall–Kier alpha value is -1.24. The molecule has 0 bridgehead atoms. The average Bonchev–Trinajstić information content (AvgIpc) is 2.44. The summed E-state index contributed by atoms with van der Waals surface area (Å²) in [5, 5.41) is 18.6. The lowest BCUT2D eigenvalue weighted by atomic mass is 10.1. The van der Waals surface area contributed by atoms with Crippen molar-refractivity contribution in [3.05, 3.63) is 28.8 Å². The van der Waals surface area contributed by atoms with Crippen LogP contribution in [0.2, 0.25) is 5.02 Å². The minimum Gasteiger partial charge on any atom is -0.506 e. The van der Waals surface area contributed by atoms with Crippen LogP contribution in [0.5, 0.6) is 5.75 Å². The zero-order chi connectivity index (χ0) is 14.8. The van der Waals surface area contributed by atoms with Gasteiger partial charge in [-0.2, -0.15) is 5.26 Å². The van der Waals surface area contributed by atoms with Crippen LogP contribution >= 0.6 is 11.6 Å². The van der Waals surface area contributed by atoms with Crippen LogP contribution in [0, 0.1) is 11.3 Å². The summed E-state index contributed by atoms with van der Waals surface area (Å²) in [6, 6.07) is 7.50. The molecule has 110 valence electrons. The first-order valence-corrected chi connectivity index (χ1v) is 7.62. The Kier molecular flexibility index (Phi) is 8.10. The van der Waals surface area contributed by atoms with Gasteiger partial charge in [-0.3, -0.25) is 4.90 Å². The van der Waals surface area contributed by atoms with Crippen LogP contribution in [0.1, 0.15) is 44.6 Å². The summed E-state index contributed by atoms with van der Waals surface area (Å²) in [4.78, 5) is 2.28. The van der Waals surface area contributed by atoms with E-state index in [1.807, 2.05) is 6.07 Å². The molecule has 0 aliphatic heterocycles. The van der Waals surface area contributed by atoms with Crippen molar-refractivity contribution in [2.45, 2.75) is 45.6 Å². The van der Waals surface area contributed by atoms with Crippen LogP contribution in [0.15, 0.2) is 18.2 Å². The number of phenols is 1. The topological polar surface area (TPSA) is 47.3 Å². The fourth-order valence-electron chi connectivity index (χ4n) is 2.15. The molecule has 0 aliphatic rings. The van der Waals surface area contributed by atoms with Gasteiger partial charge in [0.1, 0.15) is 5.75 Å². The first-order valence-electron chi connectivity index (χ1n) is 7.24. The molecule has 0 aliphatic carbocycles. The zero-order valence-electron chi connectivity index (χ0n) is 12.1. The van der Waals surface area contributed by atoms with Gasteiger partial charge in [-0.15, -0.1) is 0 Å². The van der Waals surface area contributed by atoms with E-state index in [4.69, 9.17) is 16.9 Å². The van der Waals surface area contributed by atoms with Crippen molar-refractivity contribution in [1.82, 2.24) is 4.90 Å². The lowest BCUT2D eigenvalue weighted by Crippen LogP contribution is -2.25. The van der Waals surface area contributed by atoms with Gasteiger partial charge < -0.3 is 5.11 Å². The van der Waals surface area contributed by atoms with Gasteiger partial charge in [-0.05, 0) is 30.7 Å². The van der Waals surface area contributed by atoms with E-state index >= 15 is 0 Å². The number of benzene rings is 1. The number of aromatic hydroxyl groups is 1. The predicted molar refractivity (Wildman–Crippen MR) is 82.8 cm³/mol. The van der Waals surface area contributed by atoms with Crippen LogP contribution in [0.4, 0.5) is 0 Å². The number of hydrogen-bond donors (Lipinski definition) is 1.